The van der Waals surface area contributed by atoms with E-state index in [2.05, 4.69) is 23.8 Å². The number of nitrogens with zero attached hydrogens (tertiary/aromatic N) is 3. The average molecular weight is 400 g/mol. The number of hydrogen-bond acceptors (Lipinski definition) is 7. The number of fused-ring (bicyclic) bond motifs is 1. The Morgan fingerprint density at radius 1 is 1.31 bits per heavy atom. The Morgan fingerprint density at radius 3 is 2.79 bits per heavy atom. The van der Waals surface area contributed by atoms with Gasteiger partial charge >= 0.3 is 0 Å². The second kappa shape index (κ2) is 9.89. The SMILES string of the molecule is C=C1c2c(cccc2OC2CCNCC2)N=C(N)C(C)N=C(COCCC)N1C. The van der Waals surface area contributed by atoms with Crippen molar-refractivity contribution in [3.05, 3.63) is 30.3 Å². The van der Waals surface area contributed by atoms with Gasteiger partial charge in [0.15, 0.2) is 0 Å². The number of hydrogen-bond donors (Lipinski definition) is 2. The quantitative estimate of drug-likeness (QED) is 0.719. The van der Waals surface area contributed by atoms with E-state index in [9.17, 15) is 0 Å². The predicted octanol–water partition coefficient (Wildman–Crippen LogP) is 2.94. The van der Waals surface area contributed by atoms with Crippen molar-refractivity contribution in [2.24, 2.45) is 15.7 Å². The Kier molecular flexibility index (Phi) is 7.28. The van der Waals surface area contributed by atoms with Crippen molar-refractivity contribution in [2.75, 3.05) is 33.4 Å². The second-order valence-electron chi connectivity index (χ2n) is 7.53. The highest BCUT2D eigenvalue weighted by atomic mass is 16.5. The maximum absolute atomic E-state index is 6.40. The summed E-state index contributed by atoms with van der Waals surface area (Å²) in [5, 5.41) is 3.37. The molecule has 3 N–H and O–H groups in total. The highest BCUT2D eigenvalue weighted by molar-refractivity contribution is 5.99. The van der Waals surface area contributed by atoms with Crippen LogP contribution in [0, 0.1) is 0 Å². The first kappa shape index (κ1) is 21.3. The molecule has 0 bridgehead atoms. The third kappa shape index (κ3) is 5.16. The van der Waals surface area contributed by atoms with Crippen molar-refractivity contribution in [3.8, 4) is 5.75 Å². The molecule has 158 valence electrons. The van der Waals surface area contributed by atoms with Crippen LogP contribution in [0.25, 0.3) is 5.70 Å². The van der Waals surface area contributed by atoms with Crippen LogP contribution in [0.4, 0.5) is 5.69 Å². The first-order valence-corrected chi connectivity index (χ1v) is 10.4. The summed E-state index contributed by atoms with van der Waals surface area (Å²) in [4.78, 5) is 11.4. The fourth-order valence-electron chi connectivity index (χ4n) is 3.47. The van der Waals surface area contributed by atoms with Crippen LogP contribution in [-0.4, -0.2) is 62.1 Å². The van der Waals surface area contributed by atoms with Crippen LogP contribution < -0.4 is 15.8 Å². The van der Waals surface area contributed by atoms with Crippen molar-refractivity contribution in [3.63, 3.8) is 0 Å². The molecule has 1 unspecified atom stereocenters. The monoisotopic (exact) mass is 399 g/mol. The molecule has 29 heavy (non-hydrogen) atoms. The molecule has 1 aromatic carbocycles. The van der Waals surface area contributed by atoms with Gasteiger partial charge in [-0.1, -0.05) is 19.6 Å². The number of amidine groups is 2. The first-order valence-electron chi connectivity index (χ1n) is 10.4. The Hall–Kier alpha value is -2.38. The summed E-state index contributed by atoms with van der Waals surface area (Å²) in [5.41, 5.74) is 8.66. The van der Waals surface area contributed by atoms with Gasteiger partial charge in [0, 0.05) is 19.4 Å². The standard InChI is InChI=1S/C22H33N5O2/c1-5-13-28-14-20-25-15(2)22(23)26-18-7-6-8-19(21(18)16(3)27(20)4)29-17-9-11-24-12-10-17/h6-8,15,17,24H,3,5,9-14H2,1-2,4H3,(H2,23,26). The summed E-state index contributed by atoms with van der Waals surface area (Å²) in [7, 11) is 1.95. The zero-order chi connectivity index (χ0) is 20.8. The van der Waals surface area contributed by atoms with Gasteiger partial charge in [-0.2, -0.15) is 0 Å². The Balaban J connectivity index is 1.98. The molecule has 0 radical (unpaired) electrons. The molecule has 3 rings (SSSR count). The van der Waals surface area contributed by atoms with Crippen molar-refractivity contribution in [1.82, 2.24) is 10.2 Å². The Morgan fingerprint density at radius 2 is 2.07 bits per heavy atom. The lowest BCUT2D eigenvalue weighted by Gasteiger charge is -2.28. The molecule has 0 amide bonds. The summed E-state index contributed by atoms with van der Waals surface area (Å²) in [6, 6.07) is 5.62. The fourth-order valence-corrected chi connectivity index (χ4v) is 3.47. The summed E-state index contributed by atoms with van der Waals surface area (Å²) in [5.74, 6) is 2.02. The number of ether oxygens (including phenoxy) is 2. The molecule has 1 fully saturated rings. The van der Waals surface area contributed by atoms with Crippen LogP contribution in [0.5, 0.6) is 5.75 Å². The second-order valence-corrected chi connectivity index (χ2v) is 7.53. The predicted molar refractivity (Wildman–Crippen MR) is 119 cm³/mol. The molecule has 0 saturated carbocycles. The van der Waals surface area contributed by atoms with Gasteiger partial charge in [-0.15, -0.1) is 0 Å². The number of piperidine rings is 1. The van der Waals surface area contributed by atoms with Crippen molar-refractivity contribution in [2.45, 2.75) is 45.3 Å². The molecule has 2 heterocycles. The highest BCUT2D eigenvalue weighted by Gasteiger charge is 2.24. The number of rotatable bonds is 6. The van der Waals surface area contributed by atoms with Gasteiger partial charge in [0.2, 0.25) is 0 Å². The van der Waals surface area contributed by atoms with Crippen molar-refractivity contribution < 1.29 is 9.47 Å². The topological polar surface area (TPSA) is 84.5 Å². The van der Waals surface area contributed by atoms with E-state index in [4.69, 9.17) is 20.2 Å². The zero-order valence-electron chi connectivity index (χ0n) is 17.8. The molecule has 1 atom stereocenters. The van der Waals surface area contributed by atoms with Crippen LogP contribution in [-0.2, 0) is 4.74 Å². The van der Waals surface area contributed by atoms with Crippen molar-refractivity contribution >= 4 is 23.1 Å². The molecular weight excluding hydrogens is 366 g/mol. The molecule has 7 nitrogen and oxygen atoms in total. The minimum Gasteiger partial charge on any atom is -0.490 e. The van der Waals surface area contributed by atoms with Crippen LogP contribution in [0.15, 0.2) is 34.8 Å². The van der Waals surface area contributed by atoms with Crippen LogP contribution in [0.3, 0.4) is 0 Å². The first-order chi connectivity index (χ1) is 14.0. The minimum atomic E-state index is -0.259. The molecule has 2 aliphatic heterocycles. The third-order valence-electron chi connectivity index (χ3n) is 5.26. The number of aliphatic imine (C=N–C) groups is 2. The number of nitrogens with one attached hydrogen (secondary N) is 1. The molecule has 0 spiro atoms. The summed E-state index contributed by atoms with van der Waals surface area (Å²) >= 11 is 0. The highest BCUT2D eigenvalue weighted by Crippen LogP contribution is 2.37. The van der Waals surface area contributed by atoms with Gasteiger partial charge in [-0.25, -0.2) is 4.99 Å². The van der Waals surface area contributed by atoms with E-state index >= 15 is 0 Å². The van der Waals surface area contributed by atoms with Gasteiger partial charge in [-0.05, 0) is 51.4 Å². The maximum atomic E-state index is 6.40. The maximum Gasteiger partial charge on any atom is 0.131 e. The Labute approximate surface area is 173 Å². The summed E-state index contributed by atoms with van der Waals surface area (Å²) < 4.78 is 12.2. The van der Waals surface area contributed by atoms with Gasteiger partial charge in [0.25, 0.3) is 0 Å². The van der Waals surface area contributed by atoms with Crippen LogP contribution >= 0.6 is 0 Å². The third-order valence-corrected chi connectivity index (χ3v) is 5.26. The zero-order valence-corrected chi connectivity index (χ0v) is 17.8. The molecule has 0 aliphatic carbocycles. The van der Waals surface area contributed by atoms with E-state index in [-0.39, 0.29) is 12.1 Å². The number of benzene rings is 1. The van der Waals surface area contributed by atoms with E-state index in [0.717, 1.165) is 60.9 Å². The van der Waals surface area contributed by atoms with E-state index < -0.39 is 0 Å². The van der Waals surface area contributed by atoms with Gasteiger partial charge in [-0.3, -0.25) is 4.99 Å². The van der Waals surface area contributed by atoms with E-state index in [1.807, 2.05) is 37.1 Å². The Bertz CT molecular complexity index is 783. The van der Waals surface area contributed by atoms with Gasteiger partial charge in [0.05, 0.1) is 11.3 Å². The number of nitrogens with two attached hydrogens (primary N) is 1. The van der Waals surface area contributed by atoms with Crippen LogP contribution in [0.2, 0.25) is 0 Å². The van der Waals surface area contributed by atoms with E-state index in [0.29, 0.717) is 19.0 Å². The van der Waals surface area contributed by atoms with Gasteiger partial charge in [0.1, 0.15) is 36.2 Å². The largest absolute Gasteiger partial charge is 0.490 e. The van der Waals surface area contributed by atoms with Crippen LogP contribution in [0.1, 0.15) is 38.7 Å². The van der Waals surface area contributed by atoms with E-state index in [1.165, 1.54) is 0 Å². The van der Waals surface area contributed by atoms with Gasteiger partial charge < -0.3 is 25.4 Å². The molecule has 0 aromatic heterocycles. The smallest absolute Gasteiger partial charge is 0.131 e. The molecule has 1 aromatic rings. The normalized spacial score (nSPS) is 20.9. The van der Waals surface area contributed by atoms with Crippen molar-refractivity contribution in [1.29, 1.82) is 0 Å². The molecule has 7 heteroatoms. The summed E-state index contributed by atoms with van der Waals surface area (Å²) in [6.45, 7) is 11.4. The fraction of sp³-hybridized carbons (Fsp3) is 0.545. The lowest BCUT2D eigenvalue weighted by Crippen LogP contribution is -2.34. The molecule has 1 saturated heterocycles. The molecule has 2 aliphatic rings. The molecular formula is C22H33N5O2. The lowest BCUT2D eigenvalue weighted by atomic mass is 10.1. The lowest BCUT2D eigenvalue weighted by molar-refractivity contribution is 0.161. The number of likely N-dealkylation sites (N-methyl/N-ethyl adjacent to an activating group) is 1. The van der Waals surface area contributed by atoms with E-state index in [1.54, 1.807) is 0 Å². The average Bonchev–Trinajstić information content (AvgIpc) is 2.75. The summed E-state index contributed by atoms with van der Waals surface area (Å²) in [6.07, 6.45) is 3.08. The minimum absolute atomic E-state index is 0.176.